The van der Waals surface area contributed by atoms with Crippen molar-refractivity contribution in [3.05, 3.63) is 69.9 Å². The van der Waals surface area contributed by atoms with E-state index in [0.717, 1.165) is 22.1 Å². The second-order valence-electron chi connectivity index (χ2n) is 4.73. The molecule has 0 amide bonds. The quantitative estimate of drug-likeness (QED) is 0.741. The number of rotatable bonds is 3. The normalized spacial score (nSPS) is 12.8. The Morgan fingerprint density at radius 3 is 2.75 bits per heavy atom. The monoisotopic (exact) mass is 305 g/mol. The third kappa shape index (κ3) is 2.55. The molecule has 0 aliphatic carbocycles. The van der Waals surface area contributed by atoms with E-state index in [4.69, 9.17) is 33.4 Å². The molecule has 1 atom stereocenters. The van der Waals surface area contributed by atoms with Gasteiger partial charge in [-0.05, 0) is 36.2 Å². The van der Waals surface area contributed by atoms with Crippen LogP contribution >= 0.6 is 23.2 Å². The van der Waals surface area contributed by atoms with Gasteiger partial charge in [0, 0.05) is 27.0 Å². The van der Waals surface area contributed by atoms with Crippen molar-refractivity contribution in [2.45, 2.75) is 12.5 Å². The van der Waals surface area contributed by atoms with Crippen LogP contribution in [0.4, 0.5) is 0 Å². The van der Waals surface area contributed by atoms with Crippen molar-refractivity contribution in [3.8, 4) is 0 Å². The van der Waals surface area contributed by atoms with Gasteiger partial charge in [0.25, 0.3) is 0 Å². The van der Waals surface area contributed by atoms with Gasteiger partial charge in [0.15, 0.2) is 0 Å². The van der Waals surface area contributed by atoms with E-state index < -0.39 is 0 Å². The summed E-state index contributed by atoms with van der Waals surface area (Å²) in [5.41, 5.74) is 9.06. The Morgan fingerprint density at radius 2 is 1.90 bits per heavy atom. The van der Waals surface area contributed by atoms with Crippen molar-refractivity contribution >= 4 is 34.2 Å². The third-order valence-corrected chi connectivity index (χ3v) is 3.96. The molecule has 0 bridgehead atoms. The minimum Gasteiger partial charge on any atom is -0.464 e. The predicted octanol–water partition coefficient (Wildman–Crippen LogP) is 4.98. The molecule has 4 heteroatoms. The van der Waals surface area contributed by atoms with Gasteiger partial charge in [0.05, 0.1) is 6.26 Å². The summed E-state index contributed by atoms with van der Waals surface area (Å²) in [5, 5.41) is 2.38. The number of furan rings is 1. The van der Waals surface area contributed by atoms with Crippen molar-refractivity contribution in [3.63, 3.8) is 0 Å². The Labute approximate surface area is 127 Å². The van der Waals surface area contributed by atoms with Gasteiger partial charge < -0.3 is 10.2 Å². The number of fused-ring (bicyclic) bond motifs is 1. The zero-order chi connectivity index (χ0) is 14.1. The lowest BCUT2D eigenvalue weighted by atomic mass is 9.99. The summed E-state index contributed by atoms with van der Waals surface area (Å²) >= 11 is 12.2. The number of benzene rings is 2. The molecule has 0 aliphatic heterocycles. The highest BCUT2D eigenvalue weighted by Crippen LogP contribution is 2.29. The minimum atomic E-state index is -0.186. The predicted molar refractivity (Wildman–Crippen MR) is 83.3 cm³/mol. The molecule has 3 rings (SSSR count). The molecule has 0 radical (unpaired) electrons. The Morgan fingerprint density at radius 1 is 1.10 bits per heavy atom. The van der Waals surface area contributed by atoms with Crippen molar-refractivity contribution in [1.82, 2.24) is 0 Å². The SMILES string of the molecule is NC(Cc1cc(Cl)ccc1Cl)c1coc2ccccc12. The smallest absolute Gasteiger partial charge is 0.134 e. The van der Waals surface area contributed by atoms with Crippen LogP contribution < -0.4 is 5.73 Å². The molecule has 20 heavy (non-hydrogen) atoms. The summed E-state index contributed by atoms with van der Waals surface area (Å²) in [7, 11) is 0. The molecule has 0 spiro atoms. The highest BCUT2D eigenvalue weighted by atomic mass is 35.5. The highest BCUT2D eigenvalue weighted by Gasteiger charge is 2.15. The van der Waals surface area contributed by atoms with Crippen LogP contribution in [0.1, 0.15) is 17.2 Å². The van der Waals surface area contributed by atoms with Crippen LogP contribution in [0, 0.1) is 0 Å². The molecule has 0 saturated heterocycles. The first kappa shape index (κ1) is 13.5. The van der Waals surface area contributed by atoms with Crippen LogP contribution in [0.15, 0.2) is 53.1 Å². The molecular weight excluding hydrogens is 293 g/mol. The molecule has 2 N–H and O–H groups in total. The van der Waals surface area contributed by atoms with Gasteiger partial charge in [-0.1, -0.05) is 41.4 Å². The molecule has 102 valence electrons. The van der Waals surface area contributed by atoms with E-state index >= 15 is 0 Å². The number of hydrogen-bond acceptors (Lipinski definition) is 2. The molecule has 1 aromatic heterocycles. The van der Waals surface area contributed by atoms with Crippen LogP contribution in [0.5, 0.6) is 0 Å². The maximum absolute atomic E-state index is 6.29. The van der Waals surface area contributed by atoms with Crippen molar-refractivity contribution in [1.29, 1.82) is 0 Å². The van der Waals surface area contributed by atoms with Gasteiger partial charge in [-0.15, -0.1) is 0 Å². The van der Waals surface area contributed by atoms with Crippen LogP contribution in [-0.2, 0) is 6.42 Å². The number of halogens is 2. The number of hydrogen-bond donors (Lipinski definition) is 1. The lowest BCUT2D eigenvalue weighted by Gasteiger charge is -2.12. The summed E-state index contributed by atoms with van der Waals surface area (Å²) in [5.74, 6) is 0. The van der Waals surface area contributed by atoms with Gasteiger partial charge in [-0.2, -0.15) is 0 Å². The van der Waals surface area contributed by atoms with E-state index in [0.29, 0.717) is 16.5 Å². The van der Waals surface area contributed by atoms with Gasteiger partial charge in [-0.25, -0.2) is 0 Å². The molecule has 2 nitrogen and oxygen atoms in total. The second-order valence-corrected chi connectivity index (χ2v) is 5.58. The van der Waals surface area contributed by atoms with E-state index in [2.05, 4.69) is 0 Å². The largest absolute Gasteiger partial charge is 0.464 e. The fraction of sp³-hybridized carbons (Fsp3) is 0.125. The molecule has 0 saturated carbocycles. The fourth-order valence-electron chi connectivity index (χ4n) is 2.33. The number of nitrogens with two attached hydrogens (primary N) is 1. The summed E-state index contributed by atoms with van der Waals surface area (Å²) in [6.07, 6.45) is 2.33. The van der Waals surface area contributed by atoms with Crippen molar-refractivity contribution < 1.29 is 4.42 Å². The van der Waals surface area contributed by atoms with Gasteiger partial charge in [0.1, 0.15) is 5.58 Å². The van der Waals surface area contributed by atoms with Crippen LogP contribution in [0.3, 0.4) is 0 Å². The standard InChI is InChI=1S/C16H13Cl2NO/c17-11-5-6-14(18)10(7-11)8-15(19)13-9-20-16-4-2-1-3-12(13)16/h1-7,9,15H,8,19H2. The third-order valence-electron chi connectivity index (χ3n) is 3.36. The van der Waals surface area contributed by atoms with Crippen molar-refractivity contribution in [2.24, 2.45) is 5.73 Å². The zero-order valence-corrected chi connectivity index (χ0v) is 12.2. The van der Waals surface area contributed by atoms with Gasteiger partial charge >= 0.3 is 0 Å². The Balaban J connectivity index is 1.93. The van der Waals surface area contributed by atoms with Crippen LogP contribution in [0.25, 0.3) is 11.0 Å². The van der Waals surface area contributed by atoms with Gasteiger partial charge in [0.2, 0.25) is 0 Å². The lowest BCUT2D eigenvalue weighted by Crippen LogP contribution is -2.13. The summed E-state index contributed by atoms with van der Waals surface area (Å²) in [6, 6.07) is 13.1. The maximum atomic E-state index is 6.29. The van der Waals surface area contributed by atoms with E-state index in [1.54, 1.807) is 18.4 Å². The Bertz CT molecular complexity index is 751. The van der Waals surface area contributed by atoms with Gasteiger partial charge in [-0.3, -0.25) is 0 Å². The minimum absolute atomic E-state index is 0.186. The van der Waals surface area contributed by atoms with E-state index in [1.807, 2.05) is 30.3 Å². The van der Waals surface area contributed by atoms with E-state index in [-0.39, 0.29) is 6.04 Å². The number of para-hydroxylation sites is 1. The molecule has 1 heterocycles. The fourth-order valence-corrected chi connectivity index (χ4v) is 2.72. The van der Waals surface area contributed by atoms with E-state index in [1.165, 1.54) is 0 Å². The maximum Gasteiger partial charge on any atom is 0.134 e. The molecule has 1 unspecified atom stereocenters. The van der Waals surface area contributed by atoms with Crippen LogP contribution in [-0.4, -0.2) is 0 Å². The summed E-state index contributed by atoms with van der Waals surface area (Å²) < 4.78 is 5.52. The Hall–Kier alpha value is -1.48. The summed E-state index contributed by atoms with van der Waals surface area (Å²) in [4.78, 5) is 0. The first-order valence-corrected chi connectivity index (χ1v) is 7.06. The molecule has 0 aliphatic rings. The molecule has 3 aromatic rings. The molecule has 0 fully saturated rings. The lowest BCUT2D eigenvalue weighted by molar-refractivity contribution is 0.599. The molecule has 2 aromatic carbocycles. The molecular formula is C16H13Cl2NO. The average Bonchev–Trinajstić information content (AvgIpc) is 2.87. The van der Waals surface area contributed by atoms with Crippen molar-refractivity contribution in [2.75, 3.05) is 0 Å². The second kappa shape index (κ2) is 5.49. The Kier molecular flexibility index (Phi) is 3.70. The first-order chi connectivity index (χ1) is 9.65. The van der Waals surface area contributed by atoms with E-state index in [9.17, 15) is 0 Å². The highest BCUT2D eigenvalue weighted by molar-refractivity contribution is 6.33. The topological polar surface area (TPSA) is 39.2 Å². The first-order valence-electron chi connectivity index (χ1n) is 6.31. The average molecular weight is 306 g/mol. The summed E-state index contributed by atoms with van der Waals surface area (Å²) in [6.45, 7) is 0. The van der Waals surface area contributed by atoms with Crippen LogP contribution in [0.2, 0.25) is 10.0 Å². The zero-order valence-electron chi connectivity index (χ0n) is 10.6.